The van der Waals surface area contributed by atoms with E-state index in [4.69, 9.17) is 5.53 Å². The average Bonchev–Trinajstić information content (AvgIpc) is 2.90. The Morgan fingerprint density at radius 1 is 1.29 bits per heavy atom. The SMILES string of the molecule is Cc1ccc2c(c1)-c1c(ccn1C[C@H](C)N=[N+]=[N-])C2(C)C. The normalized spacial score (nSPS) is 16.0. The van der Waals surface area contributed by atoms with Crippen LogP contribution in [0.1, 0.15) is 37.5 Å². The standard InChI is InChI=1S/C17H20N4/c1-11-5-6-14-13(9-11)16-15(17(14,3)4)7-8-21(16)10-12(2)19-20-18/h5-9,12H,10H2,1-4H3/t12-/m0/s1. The Bertz CT molecular complexity index is 748. The van der Waals surface area contributed by atoms with Crippen molar-refractivity contribution < 1.29 is 0 Å². The molecule has 0 saturated heterocycles. The van der Waals surface area contributed by atoms with E-state index in [0.717, 1.165) is 0 Å². The van der Waals surface area contributed by atoms with Crippen LogP contribution in [0.2, 0.25) is 0 Å². The highest BCUT2D eigenvalue weighted by atomic mass is 15.2. The summed E-state index contributed by atoms with van der Waals surface area (Å²) in [5.74, 6) is 0. The third-order valence-electron chi connectivity index (χ3n) is 4.45. The molecule has 3 rings (SSSR count). The van der Waals surface area contributed by atoms with Crippen LogP contribution in [0.25, 0.3) is 21.7 Å². The summed E-state index contributed by atoms with van der Waals surface area (Å²) >= 11 is 0. The molecule has 0 radical (unpaired) electrons. The van der Waals surface area contributed by atoms with E-state index in [-0.39, 0.29) is 11.5 Å². The fourth-order valence-corrected chi connectivity index (χ4v) is 3.38. The highest BCUT2D eigenvalue weighted by Crippen LogP contribution is 2.49. The molecule has 1 aliphatic carbocycles. The van der Waals surface area contributed by atoms with Crippen molar-refractivity contribution in [1.82, 2.24) is 4.57 Å². The molecule has 0 bridgehead atoms. The van der Waals surface area contributed by atoms with Crippen LogP contribution in [0.15, 0.2) is 35.6 Å². The lowest BCUT2D eigenvalue weighted by Crippen LogP contribution is -2.14. The van der Waals surface area contributed by atoms with Crippen molar-refractivity contribution in [1.29, 1.82) is 0 Å². The lowest BCUT2D eigenvalue weighted by molar-refractivity contribution is 0.592. The lowest BCUT2D eigenvalue weighted by Gasteiger charge is -2.20. The molecule has 0 spiro atoms. The van der Waals surface area contributed by atoms with Gasteiger partial charge in [0.1, 0.15) is 0 Å². The first-order valence-electron chi connectivity index (χ1n) is 7.30. The summed E-state index contributed by atoms with van der Waals surface area (Å²) in [5.41, 5.74) is 15.2. The van der Waals surface area contributed by atoms with Crippen molar-refractivity contribution in [3.8, 4) is 11.3 Å². The van der Waals surface area contributed by atoms with Crippen molar-refractivity contribution in [2.75, 3.05) is 0 Å². The number of azide groups is 1. The van der Waals surface area contributed by atoms with Crippen LogP contribution in [0.5, 0.6) is 0 Å². The summed E-state index contributed by atoms with van der Waals surface area (Å²) in [6.07, 6.45) is 2.11. The number of benzene rings is 1. The summed E-state index contributed by atoms with van der Waals surface area (Å²) in [4.78, 5) is 2.91. The van der Waals surface area contributed by atoms with Crippen LogP contribution in [-0.4, -0.2) is 10.6 Å². The van der Waals surface area contributed by atoms with Crippen LogP contribution in [-0.2, 0) is 12.0 Å². The van der Waals surface area contributed by atoms with E-state index in [9.17, 15) is 0 Å². The number of aryl methyl sites for hydroxylation is 1. The van der Waals surface area contributed by atoms with Crippen LogP contribution < -0.4 is 0 Å². The summed E-state index contributed by atoms with van der Waals surface area (Å²) in [7, 11) is 0. The van der Waals surface area contributed by atoms with Gasteiger partial charge in [0.2, 0.25) is 0 Å². The molecule has 0 fully saturated rings. The Hall–Kier alpha value is -2.19. The van der Waals surface area contributed by atoms with E-state index in [1.54, 1.807) is 0 Å². The van der Waals surface area contributed by atoms with Gasteiger partial charge in [-0.05, 0) is 35.7 Å². The third-order valence-corrected chi connectivity index (χ3v) is 4.45. The monoisotopic (exact) mass is 280 g/mol. The van der Waals surface area contributed by atoms with Crippen molar-refractivity contribution in [3.05, 3.63) is 57.6 Å². The van der Waals surface area contributed by atoms with Crippen molar-refractivity contribution >= 4 is 0 Å². The number of hydrogen-bond donors (Lipinski definition) is 0. The summed E-state index contributed by atoms with van der Waals surface area (Å²) in [6.45, 7) is 9.33. The highest BCUT2D eigenvalue weighted by Gasteiger charge is 2.37. The van der Waals surface area contributed by atoms with E-state index in [1.165, 1.54) is 27.9 Å². The molecule has 4 heteroatoms. The second kappa shape index (κ2) is 4.68. The number of rotatable bonds is 3. The molecule has 2 aromatic rings. The van der Waals surface area contributed by atoms with Gasteiger partial charge in [-0.25, -0.2) is 0 Å². The third kappa shape index (κ3) is 2.03. The molecule has 1 aliphatic rings. The molecule has 0 unspecified atom stereocenters. The fourth-order valence-electron chi connectivity index (χ4n) is 3.38. The second-order valence-corrected chi connectivity index (χ2v) is 6.46. The Balaban J connectivity index is 2.15. The lowest BCUT2D eigenvalue weighted by atomic mass is 9.83. The van der Waals surface area contributed by atoms with Gasteiger partial charge in [-0.15, -0.1) is 0 Å². The number of aromatic nitrogens is 1. The predicted molar refractivity (Wildman–Crippen MR) is 85.3 cm³/mol. The van der Waals surface area contributed by atoms with Gasteiger partial charge in [0.25, 0.3) is 0 Å². The first-order chi connectivity index (χ1) is 9.95. The minimum Gasteiger partial charge on any atom is -0.347 e. The van der Waals surface area contributed by atoms with Crippen molar-refractivity contribution in [2.45, 2.75) is 45.7 Å². The molecule has 4 nitrogen and oxygen atoms in total. The molecule has 0 amide bonds. The zero-order valence-corrected chi connectivity index (χ0v) is 13.0. The molecule has 0 saturated carbocycles. The molecule has 1 aromatic carbocycles. The molecule has 21 heavy (non-hydrogen) atoms. The van der Waals surface area contributed by atoms with Gasteiger partial charge in [-0.1, -0.05) is 43.6 Å². The van der Waals surface area contributed by atoms with Crippen LogP contribution in [0.4, 0.5) is 0 Å². The number of nitrogens with zero attached hydrogens (tertiary/aromatic N) is 4. The van der Waals surface area contributed by atoms with Gasteiger partial charge in [-0.3, -0.25) is 0 Å². The van der Waals surface area contributed by atoms with Crippen molar-refractivity contribution in [3.63, 3.8) is 0 Å². The van der Waals surface area contributed by atoms with E-state index in [2.05, 4.69) is 65.8 Å². The maximum Gasteiger partial charge on any atom is 0.0525 e. The average molecular weight is 280 g/mol. The molecule has 0 aliphatic heterocycles. The molecular weight excluding hydrogens is 260 g/mol. The Morgan fingerprint density at radius 2 is 2.05 bits per heavy atom. The zero-order chi connectivity index (χ0) is 15.2. The Kier molecular flexibility index (Phi) is 3.07. The topological polar surface area (TPSA) is 53.7 Å². The van der Waals surface area contributed by atoms with E-state index in [1.807, 2.05) is 6.92 Å². The quantitative estimate of drug-likeness (QED) is 0.440. The molecule has 1 heterocycles. The largest absolute Gasteiger partial charge is 0.347 e. The van der Waals surface area contributed by atoms with Crippen LogP contribution >= 0.6 is 0 Å². The van der Waals surface area contributed by atoms with E-state index < -0.39 is 0 Å². The maximum atomic E-state index is 8.59. The van der Waals surface area contributed by atoms with Gasteiger partial charge >= 0.3 is 0 Å². The van der Waals surface area contributed by atoms with Gasteiger partial charge in [-0.2, -0.15) is 0 Å². The molecule has 1 aromatic heterocycles. The maximum absolute atomic E-state index is 8.59. The second-order valence-electron chi connectivity index (χ2n) is 6.46. The summed E-state index contributed by atoms with van der Waals surface area (Å²) < 4.78 is 2.22. The molecule has 0 N–H and O–H groups in total. The first kappa shape index (κ1) is 13.8. The van der Waals surface area contributed by atoms with Gasteiger partial charge in [0.05, 0.1) is 11.7 Å². The number of hydrogen-bond acceptors (Lipinski definition) is 1. The minimum absolute atomic E-state index is 0.0331. The molecule has 1 atom stereocenters. The van der Waals surface area contributed by atoms with Crippen molar-refractivity contribution in [2.24, 2.45) is 5.11 Å². The predicted octanol–water partition coefficient (Wildman–Crippen LogP) is 4.80. The molecular formula is C17H20N4. The fraction of sp³-hybridized carbons (Fsp3) is 0.412. The molecule has 108 valence electrons. The zero-order valence-electron chi connectivity index (χ0n) is 13.0. The number of fused-ring (bicyclic) bond motifs is 3. The first-order valence-corrected chi connectivity index (χ1v) is 7.30. The van der Waals surface area contributed by atoms with Crippen LogP contribution in [0.3, 0.4) is 0 Å². The van der Waals surface area contributed by atoms with Gasteiger partial charge < -0.3 is 4.57 Å². The summed E-state index contributed by atoms with van der Waals surface area (Å²) in [6, 6.07) is 8.83. The highest BCUT2D eigenvalue weighted by molar-refractivity contribution is 5.79. The Morgan fingerprint density at radius 3 is 2.76 bits per heavy atom. The Labute approximate surface area is 125 Å². The van der Waals surface area contributed by atoms with Gasteiger partial charge in [0, 0.05) is 28.6 Å². The van der Waals surface area contributed by atoms with Gasteiger partial charge in [0.15, 0.2) is 0 Å². The summed E-state index contributed by atoms with van der Waals surface area (Å²) in [5, 5.41) is 3.79. The smallest absolute Gasteiger partial charge is 0.0525 e. The van der Waals surface area contributed by atoms with E-state index >= 15 is 0 Å². The van der Waals surface area contributed by atoms with E-state index in [0.29, 0.717) is 6.54 Å². The minimum atomic E-state index is -0.0523. The van der Waals surface area contributed by atoms with Crippen LogP contribution in [0, 0.1) is 6.92 Å².